The van der Waals surface area contributed by atoms with E-state index in [2.05, 4.69) is 26.5 Å². The molecule has 0 saturated heterocycles. The van der Waals surface area contributed by atoms with Gasteiger partial charge in [0, 0.05) is 6.92 Å². The molecular formula is C14H22O2. The Kier molecular flexibility index (Phi) is 8.22. The average molecular weight is 222 g/mol. The van der Waals surface area contributed by atoms with Crippen molar-refractivity contribution in [3.05, 3.63) is 36.6 Å². The number of carbonyl (C=O) groups excluding carboxylic acids is 1. The van der Waals surface area contributed by atoms with Gasteiger partial charge in [0.2, 0.25) is 0 Å². The molecule has 0 spiro atoms. The summed E-state index contributed by atoms with van der Waals surface area (Å²) >= 11 is 0. The first-order valence-corrected chi connectivity index (χ1v) is 5.64. The van der Waals surface area contributed by atoms with Crippen molar-refractivity contribution < 1.29 is 9.53 Å². The van der Waals surface area contributed by atoms with Crippen LogP contribution < -0.4 is 0 Å². The molecule has 0 N–H and O–H groups in total. The number of allylic oxidation sites excluding steroid dienone is 4. The quantitative estimate of drug-likeness (QED) is 0.370. The van der Waals surface area contributed by atoms with Crippen molar-refractivity contribution in [3.63, 3.8) is 0 Å². The molecule has 0 bridgehead atoms. The van der Waals surface area contributed by atoms with Crippen LogP contribution in [-0.4, -0.2) is 5.97 Å². The molecule has 0 aromatic carbocycles. The van der Waals surface area contributed by atoms with Crippen LogP contribution in [0.1, 0.15) is 40.0 Å². The molecule has 90 valence electrons. The predicted octanol–water partition coefficient (Wildman–Crippen LogP) is 4.00. The van der Waals surface area contributed by atoms with E-state index in [9.17, 15) is 4.79 Å². The molecule has 0 radical (unpaired) electrons. The zero-order valence-electron chi connectivity index (χ0n) is 10.5. The van der Waals surface area contributed by atoms with Gasteiger partial charge in [-0.1, -0.05) is 17.7 Å². The molecule has 2 nitrogen and oxygen atoms in total. The van der Waals surface area contributed by atoms with Gasteiger partial charge in [-0.25, -0.2) is 0 Å². The highest BCUT2D eigenvalue weighted by atomic mass is 16.5. The highest BCUT2D eigenvalue weighted by Gasteiger charge is 2.00. The van der Waals surface area contributed by atoms with Crippen LogP contribution in [0.25, 0.3) is 0 Å². The van der Waals surface area contributed by atoms with Crippen molar-refractivity contribution in [2.24, 2.45) is 5.92 Å². The Labute approximate surface area is 98.7 Å². The van der Waals surface area contributed by atoms with E-state index < -0.39 is 0 Å². The van der Waals surface area contributed by atoms with Crippen LogP contribution in [0.15, 0.2) is 36.6 Å². The summed E-state index contributed by atoms with van der Waals surface area (Å²) in [5.74, 6) is 0.165. The monoisotopic (exact) mass is 222 g/mol. The highest BCUT2D eigenvalue weighted by Crippen LogP contribution is 2.14. The first kappa shape index (κ1) is 14.7. The molecule has 2 heteroatoms. The Morgan fingerprint density at radius 1 is 1.38 bits per heavy atom. The van der Waals surface area contributed by atoms with E-state index >= 15 is 0 Å². The highest BCUT2D eigenvalue weighted by molar-refractivity contribution is 5.66. The SMILES string of the molecule is C=CC(C/C=C/OC(C)=O)CCC=C(C)C. The fraction of sp³-hybridized carbons (Fsp3) is 0.500. The summed E-state index contributed by atoms with van der Waals surface area (Å²) in [6.45, 7) is 9.40. The van der Waals surface area contributed by atoms with Crippen LogP contribution in [0.3, 0.4) is 0 Å². The normalized spacial score (nSPS) is 12.2. The topological polar surface area (TPSA) is 26.3 Å². The third-order valence-corrected chi connectivity index (χ3v) is 2.19. The van der Waals surface area contributed by atoms with Gasteiger partial charge in [-0.3, -0.25) is 4.79 Å². The molecule has 0 amide bonds. The van der Waals surface area contributed by atoms with Crippen molar-refractivity contribution in [3.8, 4) is 0 Å². The Bertz CT molecular complexity index is 270. The Balaban J connectivity index is 3.83. The van der Waals surface area contributed by atoms with Crippen LogP contribution in [-0.2, 0) is 9.53 Å². The third kappa shape index (κ3) is 9.25. The molecule has 0 aliphatic heterocycles. The zero-order chi connectivity index (χ0) is 12.4. The van der Waals surface area contributed by atoms with Gasteiger partial charge in [-0.05, 0) is 45.1 Å². The first-order chi connectivity index (χ1) is 7.56. The second-order valence-electron chi connectivity index (χ2n) is 4.07. The average Bonchev–Trinajstić information content (AvgIpc) is 2.20. The van der Waals surface area contributed by atoms with E-state index in [-0.39, 0.29) is 5.97 Å². The minimum absolute atomic E-state index is 0.282. The summed E-state index contributed by atoms with van der Waals surface area (Å²) in [5.41, 5.74) is 1.35. The maximum atomic E-state index is 10.5. The first-order valence-electron chi connectivity index (χ1n) is 5.64. The molecule has 0 aliphatic rings. The minimum Gasteiger partial charge on any atom is -0.435 e. The lowest BCUT2D eigenvalue weighted by Crippen LogP contribution is -1.95. The summed E-state index contributed by atoms with van der Waals surface area (Å²) in [4.78, 5) is 10.5. The molecule has 0 saturated carbocycles. The maximum absolute atomic E-state index is 10.5. The van der Waals surface area contributed by atoms with Gasteiger partial charge in [0.25, 0.3) is 0 Å². The van der Waals surface area contributed by atoms with Gasteiger partial charge in [-0.2, -0.15) is 0 Å². The Hall–Kier alpha value is -1.31. The van der Waals surface area contributed by atoms with Crippen LogP contribution in [0.5, 0.6) is 0 Å². The van der Waals surface area contributed by atoms with Gasteiger partial charge in [0.1, 0.15) is 0 Å². The van der Waals surface area contributed by atoms with Gasteiger partial charge >= 0.3 is 5.97 Å². The fourth-order valence-corrected chi connectivity index (χ4v) is 1.29. The standard InChI is InChI=1S/C14H22O2/c1-5-14(9-6-8-12(2)3)10-7-11-16-13(4)15/h5,7-8,11,14H,1,6,9-10H2,2-4H3/b11-7+. The summed E-state index contributed by atoms with van der Waals surface area (Å²) in [6, 6.07) is 0. The molecule has 0 aliphatic carbocycles. The predicted molar refractivity (Wildman–Crippen MR) is 67.9 cm³/mol. The molecule has 0 heterocycles. The molecule has 0 fully saturated rings. The zero-order valence-corrected chi connectivity index (χ0v) is 10.5. The molecule has 1 atom stereocenters. The van der Waals surface area contributed by atoms with Crippen LogP contribution in [0.2, 0.25) is 0 Å². The lowest BCUT2D eigenvalue weighted by atomic mass is 9.99. The fourth-order valence-electron chi connectivity index (χ4n) is 1.29. The van der Waals surface area contributed by atoms with E-state index in [1.165, 1.54) is 18.8 Å². The second-order valence-corrected chi connectivity index (χ2v) is 4.07. The van der Waals surface area contributed by atoms with E-state index in [4.69, 9.17) is 4.74 Å². The molecule has 1 unspecified atom stereocenters. The molecule has 16 heavy (non-hydrogen) atoms. The second kappa shape index (κ2) is 8.96. The minimum atomic E-state index is -0.282. The smallest absolute Gasteiger partial charge is 0.307 e. The van der Waals surface area contributed by atoms with Crippen LogP contribution >= 0.6 is 0 Å². The van der Waals surface area contributed by atoms with Crippen molar-refractivity contribution in [1.82, 2.24) is 0 Å². The van der Waals surface area contributed by atoms with E-state index in [1.807, 2.05) is 12.2 Å². The number of ether oxygens (including phenoxy) is 1. The molecular weight excluding hydrogens is 200 g/mol. The van der Waals surface area contributed by atoms with Gasteiger partial charge in [0.05, 0.1) is 6.26 Å². The summed E-state index contributed by atoms with van der Waals surface area (Å²) in [6.07, 6.45) is 10.5. The van der Waals surface area contributed by atoms with Crippen molar-refractivity contribution in [2.75, 3.05) is 0 Å². The lowest BCUT2D eigenvalue weighted by molar-refractivity contribution is -0.135. The van der Waals surface area contributed by atoms with Crippen molar-refractivity contribution in [1.29, 1.82) is 0 Å². The largest absolute Gasteiger partial charge is 0.435 e. The van der Waals surface area contributed by atoms with Crippen molar-refractivity contribution >= 4 is 5.97 Å². The summed E-state index contributed by atoms with van der Waals surface area (Å²) in [7, 11) is 0. The number of esters is 1. The Morgan fingerprint density at radius 3 is 2.56 bits per heavy atom. The van der Waals surface area contributed by atoms with Crippen LogP contribution in [0, 0.1) is 5.92 Å². The van der Waals surface area contributed by atoms with E-state index in [0.717, 1.165) is 19.3 Å². The Morgan fingerprint density at radius 2 is 2.06 bits per heavy atom. The molecule has 0 rings (SSSR count). The number of carbonyl (C=O) groups is 1. The van der Waals surface area contributed by atoms with Crippen molar-refractivity contribution in [2.45, 2.75) is 40.0 Å². The summed E-state index contributed by atoms with van der Waals surface area (Å²) in [5, 5.41) is 0. The summed E-state index contributed by atoms with van der Waals surface area (Å²) < 4.78 is 4.71. The van der Waals surface area contributed by atoms with Gasteiger partial charge in [-0.15, -0.1) is 6.58 Å². The number of hydrogen-bond donors (Lipinski definition) is 0. The van der Waals surface area contributed by atoms with Gasteiger partial charge < -0.3 is 4.74 Å². The maximum Gasteiger partial charge on any atom is 0.307 e. The van der Waals surface area contributed by atoms with Gasteiger partial charge in [0.15, 0.2) is 0 Å². The molecule has 0 aromatic heterocycles. The number of rotatable bonds is 7. The lowest BCUT2D eigenvalue weighted by Gasteiger charge is -2.07. The number of hydrogen-bond acceptors (Lipinski definition) is 2. The molecule has 0 aromatic rings. The van der Waals surface area contributed by atoms with E-state index in [0.29, 0.717) is 5.92 Å². The van der Waals surface area contributed by atoms with Crippen LogP contribution in [0.4, 0.5) is 0 Å². The third-order valence-electron chi connectivity index (χ3n) is 2.19. The van der Waals surface area contributed by atoms with E-state index in [1.54, 1.807) is 0 Å².